The number of ether oxygens (including phenoxy) is 1. The Labute approximate surface area is 148 Å². The summed E-state index contributed by atoms with van der Waals surface area (Å²) in [7, 11) is 0. The van der Waals surface area contributed by atoms with Gasteiger partial charge in [0.25, 0.3) is 0 Å². The van der Waals surface area contributed by atoms with Gasteiger partial charge in [-0.1, -0.05) is 0 Å². The van der Waals surface area contributed by atoms with E-state index < -0.39 is 36.7 Å². The van der Waals surface area contributed by atoms with Crippen LogP contribution in [-0.2, 0) is 4.79 Å². The molecule has 1 saturated carbocycles. The lowest BCUT2D eigenvalue weighted by Gasteiger charge is -2.28. The molecule has 1 aliphatic carbocycles. The predicted molar refractivity (Wildman–Crippen MR) is 85.5 cm³/mol. The fraction of sp³-hybridized carbons (Fsp3) is 0.688. The second-order valence-electron chi connectivity index (χ2n) is 6.93. The summed E-state index contributed by atoms with van der Waals surface area (Å²) in [5.41, 5.74) is -2.78. The van der Waals surface area contributed by atoms with Gasteiger partial charge in [-0.3, -0.25) is 9.69 Å². The first-order valence-electron chi connectivity index (χ1n) is 8.48. The van der Waals surface area contributed by atoms with Crippen LogP contribution in [0.5, 0.6) is 5.88 Å². The Bertz CT molecular complexity index is 651. The molecule has 2 N–H and O–H groups in total. The molecule has 0 unspecified atom stereocenters. The maximum absolute atomic E-state index is 12.9. The van der Waals surface area contributed by atoms with E-state index in [2.05, 4.69) is 15.5 Å². The summed E-state index contributed by atoms with van der Waals surface area (Å²) in [5.74, 6) is 0.605. The molecule has 2 heterocycles. The van der Waals surface area contributed by atoms with Gasteiger partial charge < -0.3 is 15.2 Å². The van der Waals surface area contributed by atoms with Gasteiger partial charge in [0.15, 0.2) is 11.4 Å². The largest absolute Gasteiger partial charge is 0.476 e. The zero-order chi connectivity index (χ0) is 18.9. The van der Waals surface area contributed by atoms with Gasteiger partial charge in [0.05, 0.1) is 12.6 Å². The van der Waals surface area contributed by atoms with Crippen LogP contribution in [-0.4, -0.2) is 63.6 Å². The van der Waals surface area contributed by atoms with E-state index in [0.29, 0.717) is 18.4 Å². The van der Waals surface area contributed by atoms with Crippen molar-refractivity contribution in [3.8, 4) is 5.88 Å². The molecular weight excluding hydrogens is 353 g/mol. The number of carbonyl (C=O) groups is 1. The van der Waals surface area contributed by atoms with Gasteiger partial charge in [-0.05, 0) is 38.2 Å². The van der Waals surface area contributed by atoms with Crippen molar-refractivity contribution in [1.82, 2.24) is 15.1 Å². The first-order chi connectivity index (χ1) is 12.2. The van der Waals surface area contributed by atoms with E-state index in [4.69, 9.17) is 4.74 Å². The van der Waals surface area contributed by atoms with Crippen LogP contribution >= 0.6 is 0 Å². The highest BCUT2D eigenvalue weighted by Crippen LogP contribution is 2.38. The smallest absolute Gasteiger partial charge is 0.418 e. The molecule has 1 aliphatic heterocycles. The number of anilines is 1. The molecule has 2 fully saturated rings. The zero-order valence-corrected chi connectivity index (χ0v) is 14.3. The van der Waals surface area contributed by atoms with E-state index in [0.717, 1.165) is 12.8 Å². The second kappa shape index (κ2) is 6.99. The third-order valence-corrected chi connectivity index (χ3v) is 4.79. The predicted octanol–water partition coefficient (Wildman–Crippen LogP) is 1.59. The number of amides is 1. The van der Waals surface area contributed by atoms with Crippen molar-refractivity contribution >= 4 is 11.7 Å². The fourth-order valence-electron chi connectivity index (χ4n) is 2.73. The normalized spacial score (nSPS) is 25.1. The third kappa shape index (κ3) is 4.24. The minimum Gasteiger partial charge on any atom is -0.476 e. The molecule has 1 amide bonds. The van der Waals surface area contributed by atoms with Gasteiger partial charge in [-0.2, -0.15) is 13.2 Å². The maximum Gasteiger partial charge on any atom is 0.418 e. The summed E-state index contributed by atoms with van der Waals surface area (Å²) in [5, 5.41) is 19.9. The maximum atomic E-state index is 12.9. The standard InChI is InChI=1S/C16H21F3N4O3/c1-10(23-7-6-15(25,9-23)16(17,18)19)14(24)20-12-4-5-13(22-21-12)26-8-11-2-3-11/h4-5,10-11,25H,2-3,6-9H2,1H3,(H,20,21,24)/t10-,15+/m0/s1. The Balaban J connectivity index is 1.52. The number of alkyl halides is 3. The first kappa shape index (κ1) is 18.8. The highest BCUT2D eigenvalue weighted by Gasteiger charge is 2.57. The van der Waals surface area contributed by atoms with Crippen LogP contribution in [0, 0.1) is 5.92 Å². The number of aliphatic hydroxyl groups is 1. The fourth-order valence-corrected chi connectivity index (χ4v) is 2.73. The number of hydrogen-bond donors (Lipinski definition) is 2. The van der Waals surface area contributed by atoms with Gasteiger partial charge in [0, 0.05) is 19.2 Å². The topological polar surface area (TPSA) is 87.6 Å². The summed E-state index contributed by atoms with van der Waals surface area (Å²) in [6, 6.07) is 2.25. The lowest BCUT2D eigenvalue weighted by Crippen LogP contribution is -2.49. The van der Waals surface area contributed by atoms with Gasteiger partial charge >= 0.3 is 6.18 Å². The van der Waals surface area contributed by atoms with Crippen LogP contribution in [0.1, 0.15) is 26.2 Å². The van der Waals surface area contributed by atoms with E-state index in [1.807, 2.05) is 0 Å². The Morgan fingerprint density at radius 3 is 2.73 bits per heavy atom. The van der Waals surface area contributed by atoms with E-state index in [9.17, 15) is 23.1 Å². The molecule has 144 valence electrons. The Morgan fingerprint density at radius 1 is 1.46 bits per heavy atom. The second-order valence-corrected chi connectivity index (χ2v) is 6.93. The molecule has 26 heavy (non-hydrogen) atoms. The van der Waals surface area contributed by atoms with E-state index in [1.165, 1.54) is 17.9 Å². The molecule has 1 aromatic rings. The Morgan fingerprint density at radius 2 is 2.19 bits per heavy atom. The molecule has 7 nitrogen and oxygen atoms in total. The van der Waals surface area contributed by atoms with Crippen molar-refractivity contribution in [2.24, 2.45) is 5.92 Å². The van der Waals surface area contributed by atoms with Gasteiger partial charge in [-0.25, -0.2) is 0 Å². The summed E-state index contributed by atoms with van der Waals surface area (Å²) >= 11 is 0. The summed E-state index contributed by atoms with van der Waals surface area (Å²) < 4.78 is 44.1. The molecule has 1 aromatic heterocycles. The quantitative estimate of drug-likeness (QED) is 0.786. The number of hydrogen-bond acceptors (Lipinski definition) is 6. The van der Waals surface area contributed by atoms with Crippen molar-refractivity contribution in [2.45, 2.75) is 44.0 Å². The highest BCUT2D eigenvalue weighted by atomic mass is 19.4. The van der Waals surface area contributed by atoms with E-state index in [1.54, 1.807) is 6.07 Å². The number of nitrogens with zero attached hydrogens (tertiary/aromatic N) is 3. The average molecular weight is 374 g/mol. The van der Waals surface area contributed by atoms with Crippen LogP contribution in [0.4, 0.5) is 19.0 Å². The van der Waals surface area contributed by atoms with Crippen molar-refractivity contribution in [1.29, 1.82) is 0 Å². The minimum atomic E-state index is -4.72. The molecule has 0 spiro atoms. The van der Waals surface area contributed by atoms with Gasteiger partial charge in [0.1, 0.15) is 0 Å². The molecule has 3 rings (SSSR count). The van der Waals surface area contributed by atoms with Crippen LogP contribution in [0.2, 0.25) is 0 Å². The van der Waals surface area contributed by atoms with E-state index in [-0.39, 0.29) is 12.4 Å². The van der Waals surface area contributed by atoms with Crippen molar-refractivity contribution in [2.75, 3.05) is 25.0 Å². The summed E-state index contributed by atoms with van der Waals surface area (Å²) in [6.45, 7) is 1.42. The monoisotopic (exact) mass is 374 g/mol. The lowest BCUT2D eigenvalue weighted by molar-refractivity contribution is -0.254. The zero-order valence-electron chi connectivity index (χ0n) is 14.3. The van der Waals surface area contributed by atoms with Crippen LogP contribution in [0.25, 0.3) is 0 Å². The molecule has 10 heteroatoms. The summed E-state index contributed by atoms with van der Waals surface area (Å²) in [4.78, 5) is 13.5. The van der Waals surface area contributed by atoms with Crippen LogP contribution < -0.4 is 10.1 Å². The molecule has 0 bridgehead atoms. The summed E-state index contributed by atoms with van der Waals surface area (Å²) in [6.07, 6.45) is -2.88. The Hall–Kier alpha value is -1.94. The van der Waals surface area contributed by atoms with Gasteiger partial charge in [-0.15, -0.1) is 10.2 Å². The number of nitrogens with one attached hydrogen (secondary N) is 1. The number of rotatable bonds is 6. The van der Waals surface area contributed by atoms with Crippen LogP contribution in [0.3, 0.4) is 0 Å². The van der Waals surface area contributed by atoms with Crippen molar-refractivity contribution < 1.29 is 27.8 Å². The number of aromatic nitrogens is 2. The molecule has 0 aromatic carbocycles. The lowest BCUT2D eigenvalue weighted by atomic mass is 10.0. The van der Waals surface area contributed by atoms with Crippen molar-refractivity contribution in [3.63, 3.8) is 0 Å². The first-order valence-corrected chi connectivity index (χ1v) is 8.48. The minimum absolute atomic E-state index is 0.0236. The van der Waals surface area contributed by atoms with E-state index >= 15 is 0 Å². The molecule has 2 atom stereocenters. The number of β-amino-alcohol motifs (C(OH)–C–C–N with tert-alkyl or cyclic N) is 1. The molecule has 2 aliphatic rings. The third-order valence-electron chi connectivity index (χ3n) is 4.79. The average Bonchev–Trinajstić information content (AvgIpc) is 3.32. The number of carbonyl (C=O) groups excluding carboxylic acids is 1. The molecular formula is C16H21F3N4O3. The molecule has 0 radical (unpaired) electrons. The van der Waals surface area contributed by atoms with Crippen LogP contribution in [0.15, 0.2) is 12.1 Å². The number of halogens is 3. The highest BCUT2D eigenvalue weighted by molar-refractivity contribution is 5.93. The van der Waals surface area contributed by atoms with Crippen molar-refractivity contribution in [3.05, 3.63) is 12.1 Å². The molecule has 1 saturated heterocycles. The van der Waals surface area contributed by atoms with Gasteiger partial charge in [0.2, 0.25) is 11.8 Å². The number of likely N-dealkylation sites (tertiary alicyclic amines) is 1. The SMILES string of the molecule is C[C@@H](C(=O)Nc1ccc(OCC2CC2)nn1)N1CC[C@](O)(C(F)(F)F)C1. The Kier molecular flexibility index (Phi) is 5.07.